The van der Waals surface area contributed by atoms with Gasteiger partial charge in [0.1, 0.15) is 17.8 Å². The number of nitrogens with one attached hydrogen (secondary N) is 1. The number of fused-ring (bicyclic) bond motifs is 2. The lowest BCUT2D eigenvalue weighted by Gasteiger charge is -2.55. The van der Waals surface area contributed by atoms with Crippen LogP contribution in [-0.4, -0.2) is 140 Å². The number of benzene rings is 1. The minimum absolute atomic E-state index is 0.0843. The van der Waals surface area contributed by atoms with Crippen LogP contribution in [0.5, 0.6) is 0 Å². The van der Waals surface area contributed by atoms with Crippen LogP contribution in [0.15, 0.2) is 30.3 Å². The third-order valence-corrected chi connectivity index (χ3v) is 12.0. The summed E-state index contributed by atoms with van der Waals surface area (Å²) in [4.78, 5) is 44.0. The van der Waals surface area contributed by atoms with Crippen LogP contribution < -0.4 is 5.32 Å². The van der Waals surface area contributed by atoms with Crippen molar-refractivity contribution in [1.29, 1.82) is 0 Å². The number of rotatable bonds is 7. The standard InChI is InChI=1S/C41H65N3O11/c1-23-20-41(48)36(54-39-35(55-41)31(43(8)9)17-24(2)50-39)25(3)34(53-33-21-40(7,49-11)37(27(5)51-33)52-28(6)45)26(4)38(47)42-30(19-32(46)44(10)22-23)18-29-15-13-12-14-16-29/h12-16,23-27,30-31,33-37,39,48H,17-22H2,1-11H3,(H,42,47)/t23-,24-,25+,26-,27+,30?,31+,33+,34?,35-,36-,37+,39+,40-,41+/m1/s1. The Morgan fingerprint density at radius 3 is 2.38 bits per heavy atom. The summed E-state index contributed by atoms with van der Waals surface area (Å²) < 4.78 is 44.8. The van der Waals surface area contributed by atoms with Crippen molar-refractivity contribution in [3.8, 4) is 0 Å². The molecule has 5 rings (SSSR count). The van der Waals surface area contributed by atoms with Gasteiger partial charge in [-0.2, -0.15) is 0 Å². The summed E-state index contributed by atoms with van der Waals surface area (Å²) in [6, 6.07) is 9.15. The molecule has 4 aliphatic rings. The fourth-order valence-corrected chi connectivity index (χ4v) is 9.10. The summed E-state index contributed by atoms with van der Waals surface area (Å²) >= 11 is 0. The topological polar surface area (TPSA) is 155 Å². The predicted molar refractivity (Wildman–Crippen MR) is 202 cm³/mol. The minimum Gasteiger partial charge on any atom is -0.457 e. The summed E-state index contributed by atoms with van der Waals surface area (Å²) in [5.74, 6) is -4.46. The number of likely N-dealkylation sites (N-methyl/N-ethyl adjacent to an activating group) is 1. The van der Waals surface area contributed by atoms with Crippen molar-refractivity contribution >= 4 is 17.8 Å². The van der Waals surface area contributed by atoms with Crippen LogP contribution >= 0.6 is 0 Å². The number of nitrogens with zero attached hydrogens (tertiary/aromatic N) is 2. The van der Waals surface area contributed by atoms with Crippen LogP contribution in [0, 0.1) is 17.8 Å². The number of aliphatic hydroxyl groups is 1. The predicted octanol–water partition coefficient (Wildman–Crippen LogP) is 3.27. The zero-order valence-corrected chi connectivity index (χ0v) is 34.6. The molecule has 4 saturated heterocycles. The van der Waals surface area contributed by atoms with Gasteiger partial charge in [0.25, 0.3) is 0 Å². The van der Waals surface area contributed by atoms with Gasteiger partial charge in [-0.1, -0.05) is 51.1 Å². The highest BCUT2D eigenvalue weighted by Crippen LogP contribution is 2.44. The van der Waals surface area contributed by atoms with Gasteiger partial charge < -0.3 is 53.4 Å². The average molecular weight is 776 g/mol. The molecular weight excluding hydrogens is 710 g/mol. The minimum atomic E-state index is -1.85. The zero-order valence-electron chi connectivity index (χ0n) is 34.6. The first-order valence-corrected chi connectivity index (χ1v) is 19.8. The molecule has 2 amide bonds. The summed E-state index contributed by atoms with van der Waals surface area (Å²) in [6.45, 7) is 13.0. The number of ether oxygens (including phenoxy) is 7. The number of amides is 2. The molecule has 0 bridgehead atoms. The number of carbonyl (C=O) groups is 3. The fourth-order valence-electron chi connectivity index (χ4n) is 9.10. The Hall–Kier alpha value is -2.69. The lowest BCUT2D eigenvalue weighted by atomic mass is 9.80. The van der Waals surface area contributed by atoms with Crippen LogP contribution in [0.4, 0.5) is 0 Å². The van der Waals surface area contributed by atoms with Crippen molar-refractivity contribution in [1.82, 2.24) is 15.1 Å². The molecule has 15 atom stereocenters. The maximum Gasteiger partial charge on any atom is 0.303 e. The fraction of sp³-hybridized carbons (Fsp3) is 0.780. The van der Waals surface area contributed by atoms with Gasteiger partial charge in [0.2, 0.25) is 11.8 Å². The Morgan fingerprint density at radius 1 is 1.05 bits per heavy atom. The zero-order chi connectivity index (χ0) is 40.4. The van der Waals surface area contributed by atoms with Crippen molar-refractivity contribution in [3.63, 3.8) is 0 Å². The summed E-state index contributed by atoms with van der Waals surface area (Å²) in [7, 11) is 7.24. The number of hydrogen-bond acceptors (Lipinski definition) is 12. The van der Waals surface area contributed by atoms with Gasteiger partial charge in [-0.05, 0) is 59.2 Å². The molecule has 0 radical (unpaired) electrons. The molecule has 55 heavy (non-hydrogen) atoms. The normalized spacial score (nSPS) is 42.1. The molecule has 14 nitrogen and oxygen atoms in total. The van der Waals surface area contributed by atoms with Gasteiger partial charge in [0.15, 0.2) is 24.5 Å². The second-order valence-electron chi connectivity index (χ2n) is 17.0. The van der Waals surface area contributed by atoms with Crippen LogP contribution in [0.2, 0.25) is 0 Å². The highest BCUT2D eigenvalue weighted by atomic mass is 16.8. The smallest absolute Gasteiger partial charge is 0.303 e. The van der Waals surface area contributed by atoms with Crippen molar-refractivity contribution in [2.45, 2.75) is 153 Å². The maximum atomic E-state index is 14.5. The molecular formula is C41H65N3O11. The van der Waals surface area contributed by atoms with Gasteiger partial charge >= 0.3 is 5.97 Å². The van der Waals surface area contributed by atoms with E-state index in [9.17, 15) is 19.5 Å². The molecule has 0 saturated carbocycles. The second-order valence-corrected chi connectivity index (χ2v) is 17.0. The van der Waals surface area contributed by atoms with E-state index in [4.69, 9.17) is 33.2 Å². The lowest BCUT2D eigenvalue weighted by Crippen LogP contribution is -2.69. The van der Waals surface area contributed by atoms with Gasteiger partial charge in [-0.15, -0.1) is 0 Å². The molecule has 0 spiro atoms. The number of carbonyl (C=O) groups excluding carboxylic acids is 3. The van der Waals surface area contributed by atoms with Gasteiger partial charge in [-0.25, -0.2) is 0 Å². The van der Waals surface area contributed by atoms with Crippen molar-refractivity contribution < 1.29 is 52.6 Å². The van der Waals surface area contributed by atoms with Crippen molar-refractivity contribution in [3.05, 3.63) is 35.9 Å². The first kappa shape index (κ1) is 43.4. The van der Waals surface area contributed by atoms with E-state index < -0.39 is 78.3 Å². The summed E-state index contributed by atoms with van der Waals surface area (Å²) in [5, 5.41) is 16.0. The Labute approximate surface area is 326 Å². The molecule has 310 valence electrons. The van der Waals surface area contributed by atoms with E-state index in [1.807, 2.05) is 72.1 Å². The van der Waals surface area contributed by atoms with Gasteiger partial charge in [0, 0.05) is 64.9 Å². The SMILES string of the molecule is CO[C@]1(C)C[C@H](OC2[C@@H](C)C(=O)NC(Cc3ccccc3)CC(=O)N(C)C[C@H](C)C[C@]3(O)O[C@H]4[C@@H](O[C@H](C)C[C@@H]4N(C)C)O[C@@H]3[C@H]2C)O[C@@H](C)[C@@H]1OC(C)=O. The maximum absolute atomic E-state index is 14.5. The molecule has 0 aromatic heterocycles. The molecule has 0 aliphatic carbocycles. The van der Waals surface area contributed by atoms with E-state index in [0.29, 0.717) is 19.4 Å². The largest absolute Gasteiger partial charge is 0.457 e. The molecule has 4 fully saturated rings. The van der Waals surface area contributed by atoms with Crippen LogP contribution in [0.25, 0.3) is 0 Å². The first-order chi connectivity index (χ1) is 25.8. The average Bonchev–Trinajstić information content (AvgIpc) is 3.10. The van der Waals surface area contributed by atoms with E-state index in [1.54, 1.807) is 32.9 Å². The molecule has 4 aliphatic heterocycles. The Kier molecular flexibility index (Phi) is 14.1. The Morgan fingerprint density at radius 2 is 1.75 bits per heavy atom. The highest BCUT2D eigenvalue weighted by molar-refractivity contribution is 5.81. The van der Waals surface area contributed by atoms with E-state index in [1.165, 1.54) is 6.92 Å². The number of hydrogen-bond donors (Lipinski definition) is 2. The monoisotopic (exact) mass is 775 g/mol. The number of esters is 1. The van der Waals surface area contributed by atoms with Crippen molar-refractivity contribution in [2.75, 3.05) is 34.8 Å². The number of methoxy groups -OCH3 is 1. The highest BCUT2D eigenvalue weighted by Gasteiger charge is 2.58. The first-order valence-electron chi connectivity index (χ1n) is 19.8. The quantitative estimate of drug-likeness (QED) is 0.391. The molecule has 2 N–H and O–H groups in total. The summed E-state index contributed by atoms with van der Waals surface area (Å²) in [6.07, 6.45) is -4.13. The Bertz CT molecular complexity index is 1470. The van der Waals surface area contributed by atoms with Crippen LogP contribution in [-0.2, 0) is 54.0 Å². The van der Waals surface area contributed by atoms with Gasteiger partial charge in [-0.3, -0.25) is 14.4 Å². The molecule has 1 aromatic carbocycles. The lowest BCUT2D eigenvalue weighted by molar-refractivity contribution is -0.426. The van der Waals surface area contributed by atoms with E-state index in [0.717, 1.165) is 5.56 Å². The molecule has 14 heteroatoms. The van der Waals surface area contributed by atoms with Crippen LogP contribution in [0.1, 0.15) is 79.7 Å². The van der Waals surface area contributed by atoms with Crippen LogP contribution in [0.3, 0.4) is 0 Å². The molecule has 2 unspecified atom stereocenters. The van der Waals surface area contributed by atoms with E-state index in [-0.39, 0.29) is 49.1 Å². The molecule has 1 aromatic rings. The second kappa shape index (κ2) is 17.8. The van der Waals surface area contributed by atoms with E-state index >= 15 is 0 Å². The van der Waals surface area contributed by atoms with Gasteiger partial charge in [0.05, 0.1) is 24.2 Å². The molecule has 4 heterocycles. The third kappa shape index (κ3) is 10.1. The van der Waals surface area contributed by atoms with E-state index in [2.05, 4.69) is 10.2 Å². The summed E-state index contributed by atoms with van der Waals surface area (Å²) in [5.41, 5.74) is 0.0147. The van der Waals surface area contributed by atoms with Crippen molar-refractivity contribution in [2.24, 2.45) is 17.8 Å². The Balaban J connectivity index is 1.54. The third-order valence-electron chi connectivity index (χ3n) is 12.0.